The lowest BCUT2D eigenvalue weighted by molar-refractivity contribution is -0.153. The average molecular weight is 501 g/mol. The van der Waals surface area contributed by atoms with E-state index in [0.29, 0.717) is 16.7 Å². The summed E-state index contributed by atoms with van der Waals surface area (Å²) in [4.78, 5) is 8.28. The molecule has 0 saturated heterocycles. The average Bonchev–Trinajstić information content (AvgIpc) is 2.81. The molecule has 0 spiro atoms. The Bertz CT molecular complexity index is 1300. The Kier molecular flexibility index (Phi) is 7.24. The number of nitrogens with zero attached hydrogens (tertiary/aromatic N) is 2. The van der Waals surface area contributed by atoms with Crippen molar-refractivity contribution in [2.24, 2.45) is 0 Å². The first-order chi connectivity index (χ1) is 16.0. The van der Waals surface area contributed by atoms with Crippen molar-refractivity contribution >= 4 is 32.2 Å². The SMILES string of the molecule is CCS(=O)(=O)c1ccc(OCC(F)(F)F)c(Nc2ncnc3cc(OC)c(OC)c(OC)c23)c1. The Balaban J connectivity index is 2.20. The highest BCUT2D eigenvalue weighted by Gasteiger charge is 2.29. The Morgan fingerprint density at radius 1 is 0.971 bits per heavy atom. The number of benzene rings is 2. The maximum absolute atomic E-state index is 12.8. The molecule has 184 valence electrons. The quantitative estimate of drug-likeness (QED) is 0.463. The van der Waals surface area contributed by atoms with Gasteiger partial charge < -0.3 is 24.3 Å². The van der Waals surface area contributed by atoms with Crippen molar-refractivity contribution in [3.05, 3.63) is 30.6 Å². The third kappa shape index (κ3) is 5.19. The lowest BCUT2D eigenvalue weighted by atomic mass is 10.1. The van der Waals surface area contributed by atoms with Crippen LogP contribution < -0.4 is 24.3 Å². The summed E-state index contributed by atoms with van der Waals surface area (Å²) in [5.74, 6) is 0.475. The monoisotopic (exact) mass is 501 g/mol. The van der Waals surface area contributed by atoms with E-state index in [1.165, 1.54) is 46.7 Å². The van der Waals surface area contributed by atoms with Gasteiger partial charge in [-0.15, -0.1) is 0 Å². The van der Waals surface area contributed by atoms with Crippen molar-refractivity contribution in [1.82, 2.24) is 9.97 Å². The van der Waals surface area contributed by atoms with Gasteiger partial charge in [-0.05, 0) is 18.2 Å². The van der Waals surface area contributed by atoms with Gasteiger partial charge in [0.2, 0.25) is 5.75 Å². The zero-order chi connectivity index (χ0) is 25.1. The number of fused-ring (bicyclic) bond motifs is 1. The number of alkyl halides is 3. The van der Waals surface area contributed by atoms with Gasteiger partial charge >= 0.3 is 6.18 Å². The molecule has 9 nitrogen and oxygen atoms in total. The van der Waals surface area contributed by atoms with Crippen LogP contribution in [0.25, 0.3) is 10.9 Å². The molecular weight excluding hydrogens is 479 g/mol. The molecule has 0 atom stereocenters. The summed E-state index contributed by atoms with van der Waals surface area (Å²) in [6, 6.07) is 5.09. The van der Waals surface area contributed by atoms with Crippen molar-refractivity contribution in [1.29, 1.82) is 0 Å². The smallest absolute Gasteiger partial charge is 0.422 e. The number of nitrogens with one attached hydrogen (secondary N) is 1. The lowest BCUT2D eigenvalue weighted by Crippen LogP contribution is -2.19. The van der Waals surface area contributed by atoms with E-state index >= 15 is 0 Å². The number of aromatic nitrogens is 2. The van der Waals surface area contributed by atoms with Gasteiger partial charge in [-0.25, -0.2) is 18.4 Å². The van der Waals surface area contributed by atoms with Crippen molar-refractivity contribution in [3.8, 4) is 23.0 Å². The predicted molar refractivity (Wildman–Crippen MR) is 118 cm³/mol. The van der Waals surface area contributed by atoms with Crippen LogP contribution in [0.5, 0.6) is 23.0 Å². The molecule has 0 aliphatic carbocycles. The molecule has 3 rings (SSSR count). The molecule has 0 aliphatic heterocycles. The van der Waals surface area contributed by atoms with Crippen molar-refractivity contribution in [3.63, 3.8) is 0 Å². The molecule has 0 bridgehead atoms. The van der Waals surface area contributed by atoms with E-state index in [-0.39, 0.29) is 39.4 Å². The number of sulfone groups is 1. The highest BCUT2D eigenvalue weighted by Crippen LogP contribution is 2.45. The Morgan fingerprint density at radius 2 is 1.68 bits per heavy atom. The third-order valence-electron chi connectivity index (χ3n) is 4.76. The molecule has 13 heteroatoms. The van der Waals surface area contributed by atoms with E-state index < -0.39 is 22.6 Å². The standard InChI is InChI=1S/C21H22F3N3O6S/c1-5-34(28,29)12-6-7-15(33-10-21(22,23)24)13(8-12)27-20-17-14(25-11-26-20)9-16(30-2)18(31-3)19(17)32-4/h6-9,11H,5,10H2,1-4H3,(H,25,26,27). The maximum atomic E-state index is 12.8. The molecule has 0 radical (unpaired) electrons. The second-order valence-electron chi connectivity index (χ2n) is 6.85. The minimum atomic E-state index is -4.60. The minimum absolute atomic E-state index is 0.0457. The van der Waals surface area contributed by atoms with Crippen LogP contribution in [0.1, 0.15) is 6.92 Å². The first-order valence-electron chi connectivity index (χ1n) is 9.81. The van der Waals surface area contributed by atoms with Crippen molar-refractivity contribution < 1.29 is 40.5 Å². The summed E-state index contributed by atoms with van der Waals surface area (Å²) in [6.45, 7) is -0.112. The molecule has 1 heterocycles. The molecule has 34 heavy (non-hydrogen) atoms. The zero-order valence-electron chi connectivity index (χ0n) is 18.7. The molecule has 0 amide bonds. The topological polar surface area (TPSA) is 109 Å². The largest absolute Gasteiger partial charge is 0.493 e. The molecular formula is C21H22F3N3O6S. The van der Waals surface area contributed by atoms with Crippen LogP contribution in [0.15, 0.2) is 35.5 Å². The Labute approximate surface area is 193 Å². The van der Waals surface area contributed by atoms with Gasteiger partial charge in [0.05, 0.1) is 48.6 Å². The Hall–Kier alpha value is -3.48. The third-order valence-corrected chi connectivity index (χ3v) is 6.50. The molecule has 2 aromatic carbocycles. The van der Waals surface area contributed by atoms with Crippen LogP contribution in [-0.4, -0.2) is 58.3 Å². The number of hydrogen-bond donors (Lipinski definition) is 1. The lowest BCUT2D eigenvalue weighted by Gasteiger charge is -2.18. The maximum Gasteiger partial charge on any atom is 0.422 e. The summed E-state index contributed by atoms with van der Waals surface area (Å²) < 4.78 is 84.2. The second-order valence-corrected chi connectivity index (χ2v) is 9.13. The van der Waals surface area contributed by atoms with E-state index in [1.54, 1.807) is 6.07 Å². The summed E-state index contributed by atoms with van der Waals surface area (Å²) >= 11 is 0. The fourth-order valence-corrected chi connectivity index (χ4v) is 4.07. The predicted octanol–water partition coefficient (Wildman–Crippen LogP) is 4.13. The highest BCUT2D eigenvalue weighted by atomic mass is 32.2. The van der Waals surface area contributed by atoms with Crippen LogP contribution in [0.2, 0.25) is 0 Å². The minimum Gasteiger partial charge on any atom is -0.493 e. The van der Waals surface area contributed by atoms with Crippen LogP contribution in [0, 0.1) is 0 Å². The van der Waals surface area contributed by atoms with Gasteiger partial charge in [-0.2, -0.15) is 13.2 Å². The molecule has 0 unspecified atom stereocenters. The van der Waals surface area contributed by atoms with E-state index in [1.807, 2.05) is 0 Å². The molecule has 3 aromatic rings. The summed E-state index contributed by atoms with van der Waals surface area (Å²) in [7, 11) is 0.575. The molecule has 0 saturated carbocycles. The van der Waals surface area contributed by atoms with Crippen LogP contribution >= 0.6 is 0 Å². The van der Waals surface area contributed by atoms with E-state index in [0.717, 1.165) is 6.07 Å². The number of methoxy groups -OCH3 is 3. The van der Waals surface area contributed by atoms with E-state index in [2.05, 4.69) is 15.3 Å². The fourth-order valence-electron chi connectivity index (χ4n) is 3.16. The molecule has 1 aromatic heterocycles. The van der Waals surface area contributed by atoms with E-state index in [9.17, 15) is 21.6 Å². The van der Waals surface area contributed by atoms with Gasteiger partial charge in [0.15, 0.2) is 27.9 Å². The van der Waals surface area contributed by atoms with E-state index in [4.69, 9.17) is 18.9 Å². The zero-order valence-corrected chi connectivity index (χ0v) is 19.5. The number of anilines is 2. The molecule has 0 fully saturated rings. The number of hydrogen-bond acceptors (Lipinski definition) is 9. The van der Waals surface area contributed by atoms with Gasteiger partial charge in [-0.3, -0.25) is 0 Å². The van der Waals surface area contributed by atoms with Crippen molar-refractivity contribution in [2.75, 3.05) is 39.0 Å². The van der Waals surface area contributed by atoms with Gasteiger partial charge in [0.25, 0.3) is 0 Å². The number of ether oxygens (including phenoxy) is 4. The normalized spacial score (nSPS) is 11.9. The van der Waals surface area contributed by atoms with Crippen LogP contribution in [-0.2, 0) is 9.84 Å². The van der Waals surface area contributed by atoms with Crippen LogP contribution in [0.4, 0.5) is 24.7 Å². The summed E-state index contributed by atoms with van der Waals surface area (Å²) in [5, 5.41) is 3.19. The van der Waals surface area contributed by atoms with Gasteiger partial charge in [0, 0.05) is 6.07 Å². The van der Waals surface area contributed by atoms with Crippen LogP contribution in [0.3, 0.4) is 0 Å². The molecule has 1 N–H and O–H groups in total. The Morgan fingerprint density at radius 3 is 2.26 bits per heavy atom. The fraction of sp³-hybridized carbons (Fsp3) is 0.333. The van der Waals surface area contributed by atoms with Gasteiger partial charge in [0.1, 0.15) is 17.9 Å². The number of rotatable bonds is 9. The van der Waals surface area contributed by atoms with Crippen molar-refractivity contribution in [2.45, 2.75) is 18.0 Å². The number of halogens is 3. The van der Waals surface area contributed by atoms with Gasteiger partial charge in [-0.1, -0.05) is 6.92 Å². The highest BCUT2D eigenvalue weighted by molar-refractivity contribution is 7.91. The second kappa shape index (κ2) is 9.79. The molecule has 0 aliphatic rings. The first-order valence-corrected chi connectivity index (χ1v) is 11.5. The summed E-state index contributed by atoms with van der Waals surface area (Å²) in [6.07, 6.45) is -3.38. The first kappa shape index (κ1) is 25.1. The summed E-state index contributed by atoms with van der Waals surface area (Å²) in [5.41, 5.74) is 0.331.